The van der Waals surface area contributed by atoms with Crippen LogP contribution in [-0.4, -0.2) is 49.7 Å². The van der Waals surface area contributed by atoms with Gasteiger partial charge in [0.15, 0.2) is 0 Å². The number of esters is 1. The highest BCUT2D eigenvalue weighted by Crippen LogP contribution is 2.23. The summed E-state index contributed by atoms with van der Waals surface area (Å²) in [7, 11) is 2.06. The molecule has 0 aliphatic carbocycles. The van der Waals surface area contributed by atoms with E-state index in [1.807, 2.05) is 13.8 Å². The first-order valence-corrected chi connectivity index (χ1v) is 6.84. The van der Waals surface area contributed by atoms with Gasteiger partial charge in [-0.25, -0.2) is 0 Å². The van der Waals surface area contributed by atoms with E-state index in [1.54, 1.807) is 0 Å². The van der Waals surface area contributed by atoms with Crippen molar-refractivity contribution in [2.24, 2.45) is 5.41 Å². The molecule has 0 fully saturated rings. The molecule has 0 aromatic carbocycles. The third-order valence-electron chi connectivity index (χ3n) is 3.41. The third-order valence-corrected chi connectivity index (χ3v) is 3.41. The number of hydrogen-bond donors (Lipinski definition) is 1. The van der Waals surface area contributed by atoms with Crippen LogP contribution in [0.25, 0.3) is 0 Å². The van der Waals surface area contributed by atoms with Crippen LogP contribution in [0.5, 0.6) is 0 Å². The van der Waals surface area contributed by atoms with Gasteiger partial charge in [-0.3, -0.25) is 4.79 Å². The summed E-state index contributed by atoms with van der Waals surface area (Å²) in [6.45, 7) is 14.5. The molecule has 0 radical (unpaired) electrons. The first kappa shape index (κ1) is 17.4. The number of carbonyl (C=O) groups is 1. The second kappa shape index (κ2) is 7.74. The molecule has 2 atom stereocenters. The summed E-state index contributed by atoms with van der Waals surface area (Å²) in [6, 6.07) is 0.151. The standard InChI is InChI=1S/C14H30N2O2/c1-8-15-12(13(17)18-9-2)10-16(7)11(3)14(4,5)6/h11-12,15H,8-10H2,1-7H3. The minimum absolute atomic E-state index is 0.160. The maximum absolute atomic E-state index is 11.8. The van der Waals surface area contributed by atoms with Gasteiger partial charge >= 0.3 is 5.97 Å². The lowest BCUT2D eigenvalue weighted by Crippen LogP contribution is -2.50. The molecule has 18 heavy (non-hydrogen) atoms. The lowest BCUT2D eigenvalue weighted by molar-refractivity contribution is -0.146. The number of likely N-dealkylation sites (N-methyl/N-ethyl adjacent to an activating group) is 2. The van der Waals surface area contributed by atoms with Gasteiger partial charge < -0.3 is 15.0 Å². The van der Waals surface area contributed by atoms with Crippen LogP contribution in [0.2, 0.25) is 0 Å². The van der Waals surface area contributed by atoms with Crippen LogP contribution in [0.4, 0.5) is 0 Å². The van der Waals surface area contributed by atoms with Gasteiger partial charge in [0, 0.05) is 12.6 Å². The number of ether oxygens (including phenoxy) is 1. The molecule has 0 spiro atoms. The van der Waals surface area contributed by atoms with Gasteiger partial charge in [0.25, 0.3) is 0 Å². The van der Waals surface area contributed by atoms with E-state index in [4.69, 9.17) is 4.74 Å². The second-order valence-corrected chi connectivity index (χ2v) is 5.84. The number of carbonyl (C=O) groups excluding carboxylic acids is 1. The molecule has 2 unspecified atom stereocenters. The van der Waals surface area contributed by atoms with E-state index in [1.165, 1.54) is 0 Å². The molecule has 0 rings (SSSR count). The first-order valence-electron chi connectivity index (χ1n) is 6.84. The molecule has 0 aromatic rings. The maximum Gasteiger partial charge on any atom is 0.324 e. The van der Waals surface area contributed by atoms with Crippen LogP contribution in [0.15, 0.2) is 0 Å². The molecule has 0 bridgehead atoms. The van der Waals surface area contributed by atoms with E-state index in [-0.39, 0.29) is 17.4 Å². The minimum atomic E-state index is -0.246. The fraction of sp³-hybridized carbons (Fsp3) is 0.929. The van der Waals surface area contributed by atoms with E-state index >= 15 is 0 Å². The van der Waals surface area contributed by atoms with Crippen LogP contribution < -0.4 is 5.32 Å². The van der Waals surface area contributed by atoms with Crippen molar-refractivity contribution in [2.75, 3.05) is 26.7 Å². The second-order valence-electron chi connectivity index (χ2n) is 5.84. The zero-order valence-corrected chi connectivity index (χ0v) is 13.0. The van der Waals surface area contributed by atoms with Gasteiger partial charge in [0.1, 0.15) is 6.04 Å². The van der Waals surface area contributed by atoms with Crippen molar-refractivity contribution in [3.63, 3.8) is 0 Å². The van der Waals surface area contributed by atoms with Crippen molar-refractivity contribution in [3.8, 4) is 0 Å². The number of nitrogens with zero attached hydrogens (tertiary/aromatic N) is 1. The summed E-state index contributed by atoms with van der Waals surface area (Å²) in [5, 5.41) is 3.19. The SMILES string of the molecule is CCNC(CN(C)C(C)C(C)(C)C)C(=O)OCC. The molecule has 0 aliphatic rings. The predicted octanol–water partition coefficient (Wildman–Crippen LogP) is 1.89. The summed E-state index contributed by atoms with van der Waals surface area (Å²) in [4.78, 5) is 14.0. The molecule has 4 heteroatoms. The molecular formula is C14H30N2O2. The number of rotatable bonds is 7. The van der Waals surface area contributed by atoms with Gasteiger partial charge in [-0.1, -0.05) is 27.7 Å². The highest BCUT2D eigenvalue weighted by atomic mass is 16.5. The zero-order chi connectivity index (χ0) is 14.3. The topological polar surface area (TPSA) is 41.6 Å². The van der Waals surface area contributed by atoms with E-state index in [0.29, 0.717) is 19.2 Å². The lowest BCUT2D eigenvalue weighted by Gasteiger charge is -2.36. The van der Waals surface area contributed by atoms with Crippen molar-refractivity contribution < 1.29 is 9.53 Å². The van der Waals surface area contributed by atoms with Crippen LogP contribution in [0.1, 0.15) is 41.5 Å². The quantitative estimate of drug-likeness (QED) is 0.708. The summed E-state index contributed by atoms with van der Waals surface area (Å²) >= 11 is 0. The Morgan fingerprint density at radius 3 is 2.28 bits per heavy atom. The highest BCUT2D eigenvalue weighted by molar-refractivity contribution is 5.76. The average molecular weight is 258 g/mol. The third kappa shape index (κ3) is 5.83. The molecular weight excluding hydrogens is 228 g/mol. The minimum Gasteiger partial charge on any atom is -0.465 e. The van der Waals surface area contributed by atoms with Crippen molar-refractivity contribution in [1.82, 2.24) is 10.2 Å². The summed E-state index contributed by atoms with van der Waals surface area (Å²) in [5.74, 6) is -0.160. The van der Waals surface area contributed by atoms with E-state index in [2.05, 4.69) is 45.0 Å². The highest BCUT2D eigenvalue weighted by Gasteiger charge is 2.28. The van der Waals surface area contributed by atoms with Gasteiger partial charge in [-0.2, -0.15) is 0 Å². The Bertz CT molecular complexity index is 249. The van der Waals surface area contributed by atoms with Crippen molar-refractivity contribution in [2.45, 2.75) is 53.6 Å². The fourth-order valence-corrected chi connectivity index (χ4v) is 1.82. The normalized spacial score (nSPS) is 15.6. The predicted molar refractivity (Wildman–Crippen MR) is 75.6 cm³/mol. The Morgan fingerprint density at radius 1 is 1.33 bits per heavy atom. The van der Waals surface area contributed by atoms with E-state index in [9.17, 15) is 4.79 Å². The Balaban J connectivity index is 4.53. The van der Waals surface area contributed by atoms with Crippen LogP contribution in [-0.2, 0) is 9.53 Å². The average Bonchev–Trinajstić information content (AvgIpc) is 2.26. The van der Waals surface area contributed by atoms with Gasteiger partial charge in [0.05, 0.1) is 6.61 Å². The van der Waals surface area contributed by atoms with E-state index < -0.39 is 0 Å². The fourth-order valence-electron chi connectivity index (χ4n) is 1.82. The lowest BCUT2D eigenvalue weighted by atomic mass is 9.87. The molecule has 4 nitrogen and oxygen atoms in total. The number of hydrogen-bond acceptors (Lipinski definition) is 4. The van der Waals surface area contributed by atoms with Crippen LogP contribution >= 0.6 is 0 Å². The van der Waals surface area contributed by atoms with Crippen LogP contribution in [0, 0.1) is 5.41 Å². The molecule has 0 heterocycles. The summed E-state index contributed by atoms with van der Waals surface area (Å²) in [6.07, 6.45) is 0. The van der Waals surface area contributed by atoms with Crippen molar-refractivity contribution in [1.29, 1.82) is 0 Å². The molecule has 0 aliphatic heterocycles. The molecule has 108 valence electrons. The molecule has 0 aromatic heterocycles. The molecule has 0 saturated heterocycles. The summed E-state index contributed by atoms with van der Waals surface area (Å²) < 4.78 is 5.09. The monoisotopic (exact) mass is 258 g/mol. The Labute approximate surface area is 112 Å². The van der Waals surface area contributed by atoms with Gasteiger partial charge in [-0.15, -0.1) is 0 Å². The van der Waals surface area contributed by atoms with Gasteiger partial charge in [-0.05, 0) is 32.9 Å². The molecule has 1 N–H and O–H groups in total. The Morgan fingerprint density at radius 2 is 1.89 bits per heavy atom. The summed E-state index contributed by atoms with van der Waals surface area (Å²) in [5.41, 5.74) is 0.195. The first-order chi connectivity index (χ1) is 8.23. The Hall–Kier alpha value is -0.610. The zero-order valence-electron chi connectivity index (χ0n) is 13.0. The van der Waals surface area contributed by atoms with Crippen molar-refractivity contribution in [3.05, 3.63) is 0 Å². The molecule has 0 saturated carbocycles. The van der Waals surface area contributed by atoms with Crippen molar-refractivity contribution >= 4 is 5.97 Å². The largest absolute Gasteiger partial charge is 0.465 e. The van der Waals surface area contributed by atoms with E-state index in [0.717, 1.165) is 6.54 Å². The van der Waals surface area contributed by atoms with Crippen LogP contribution in [0.3, 0.4) is 0 Å². The number of nitrogens with one attached hydrogen (secondary N) is 1. The van der Waals surface area contributed by atoms with Gasteiger partial charge in [0.2, 0.25) is 0 Å². The molecule has 0 amide bonds. The maximum atomic E-state index is 11.8. The smallest absolute Gasteiger partial charge is 0.324 e. The Kier molecular flexibility index (Phi) is 7.48.